The molecule has 108 valence electrons. The average Bonchev–Trinajstić information content (AvgIpc) is 2.92. The molecule has 0 spiro atoms. The van der Waals surface area contributed by atoms with Crippen LogP contribution in [0, 0.1) is 6.92 Å². The third kappa shape index (κ3) is 3.20. The minimum atomic E-state index is -3.47. The lowest BCUT2D eigenvalue weighted by Crippen LogP contribution is -2.29. The molecule has 2 rings (SSSR count). The number of nitrogens with two attached hydrogens (primary N) is 1. The van der Waals surface area contributed by atoms with Crippen molar-refractivity contribution in [1.29, 1.82) is 0 Å². The number of thiophene rings is 1. The number of benzene rings is 1. The van der Waals surface area contributed by atoms with Gasteiger partial charge in [0, 0.05) is 24.2 Å². The van der Waals surface area contributed by atoms with E-state index in [9.17, 15) is 8.42 Å². The van der Waals surface area contributed by atoms with Crippen LogP contribution < -0.4 is 5.73 Å². The maximum atomic E-state index is 12.4. The van der Waals surface area contributed by atoms with Crippen molar-refractivity contribution < 1.29 is 8.42 Å². The van der Waals surface area contributed by atoms with E-state index in [4.69, 9.17) is 5.73 Å². The van der Waals surface area contributed by atoms with Gasteiger partial charge in [-0.05, 0) is 42.5 Å². The summed E-state index contributed by atoms with van der Waals surface area (Å²) in [5, 5.41) is 1.99. The number of anilines is 1. The van der Waals surface area contributed by atoms with E-state index in [0.29, 0.717) is 12.2 Å². The van der Waals surface area contributed by atoms with Gasteiger partial charge in [0.05, 0.1) is 4.90 Å². The molecule has 0 fully saturated rings. The number of rotatable bonds is 5. The van der Waals surface area contributed by atoms with Gasteiger partial charge in [-0.2, -0.15) is 0 Å². The molecule has 1 heterocycles. The Morgan fingerprint density at radius 1 is 1.30 bits per heavy atom. The van der Waals surface area contributed by atoms with E-state index < -0.39 is 10.0 Å². The SMILES string of the molecule is Cc1ccc(S(=O)(=O)N(C)CCc2cccs2)cc1N. The molecule has 1 aromatic heterocycles. The van der Waals surface area contributed by atoms with Crippen molar-refractivity contribution in [2.45, 2.75) is 18.2 Å². The molecule has 0 radical (unpaired) electrons. The van der Waals surface area contributed by atoms with Gasteiger partial charge in [0.15, 0.2) is 0 Å². The van der Waals surface area contributed by atoms with Gasteiger partial charge in [0.2, 0.25) is 10.0 Å². The third-order valence-corrected chi connectivity index (χ3v) is 6.00. The van der Waals surface area contributed by atoms with Gasteiger partial charge in [0.25, 0.3) is 0 Å². The van der Waals surface area contributed by atoms with Crippen LogP contribution in [0.1, 0.15) is 10.4 Å². The second-order valence-corrected chi connectivity index (χ2v) is 7.75. The third-order valence-electron chi connectivity index (χ3n) is 3.21. The van der Waals surface area contributed by atoms with Crippen LogP contribution in [0.25, 0.3) is 0 Å². The second kappa shape index (κ2) is 5.95. The molecule has 0 saturated heterocycles. The van der Waals surface area contributed by atoms with Crippen LogP contribution in [-0.4, -0.2) is 26.3 Å². The van der Waals surface area contributed by atoms with E-state index >= 15 is 0 Å². The van der Waals surface area contributed by atoms with Crippen molar-refractivity contribution in [3.05, 3.63) is 46.2 Å². The smallest absolute Gasteiger partial charge is 0.242 e. The minimum absolute atomic E-state index is 0.245. The second-order valence-electron chi connectivity index (χ2n) is 4.67. The van der Waals surface area contributed by atoms with Crippen molar-refractivity contribution >= 4 is 27.0 Å². The first-order valence-electron chi connectivity index (χ1n) is 6.26. The summed E-state index contributed by atoms with van der Waals surface area (Å²) in [5.41, 5.74) is 7.17. The first-order valence-corrected chi connectivity index (χ1v) is 8.58. The molecule has 0 amide bonds. The van der Waals surface area contributed by atoms with Crippen molar-refractivity contribution in [2.75, 3.05) is 19.3 Å². The van der Waals surface area contributed by atoms with Crippen molar-refractivity contribution in [3.8, 4) is 0 Å². The van der Waals surface area contributed by atoms with Gasteiger partial charge >= 0.3 is 0 Å². The summed E-state index contributed by atoms with van der Waals surface area (Å²) in [4.78, 5) is 1.42. The van der Waals surface area contributed by atoms with Crippen LogP contribution in [0.3, 0.4) is 0 Å². The fourth-order valence-corrected chi connectivity index (χ4v) is 3.71. The molecule has 6 heteroatoms. The van der Waals surface area contributed by atoms with Gasteiger partial charge < -0.3 is 5.73 Å². The summed E-state index contributed by atoms with van der Waals surface area (Å²) in [7, 11) is -1.88. The Bertz CT molecular complexity index is 679. The quantitative estimate of drug-likeness (QED) is 0.863. The summed E-state index contributed by atoms with van der Waals surface area (Å²) in [6.45, 7) is 2.31. The number of hydrogen-bond donors (Lipinski definition) is 1. The maximum absolute atomic E-state index is 12.4. The first kappa shape index (κ1) is 15.0. The lowest BCUT2D eigenvalue weighted by atomic mass is 10.2. The lowest BCUT2D eigenvalue weighted by Gasteiger charge is -2.17. The Hall–Kier alpha value is -1.37. The summed E-state index contributed by atoms with van der Waals surface area (Å²) >= 11 is 1.63. The average molecular weight is 310 g/mol. The fourth-order valence-electron chi connectivity index (χ4n) is 1.80. The van der Waals surface area contributed by atoms with E-state index in [1.54, 1.807) is 30.5 Å². The molecule has 2 N–H and O–H groups in total. The number of nitrogen functional groups attached to an aromatic ring is 1. The van der Waals surface area contributed by atoms with Crippen LogP contribution in [0.2, 0.25) is 0 Å². The summed E-state index contributed by atoms with van der Waals surface area (Å²) in [5.74, 6) is 0. The summed E-state index contributed by atoms with van der Waals surface area (Å²) in [6, 6.07) is 8.83. The molecule has 1 aromatic carbocycles. The molecule has 0 saturated carbocycles. The van der Waals surface area contributed by atoms with Crippen molar-refractivity contribution in [3.63, 3.8) is 0 Å². The van der Waals surface area contributed by atoms with E-state index in [1.807, 2.05) is 24.4 Å². The molecular formula is C14H18N2O2S2. The predicted octanol–water partition coefficient (Wildman–Crippen LogP) is 2.50. The fraction of sp³-hybridized carbons (Fsp3) is 0.286. The van der Waals surface area contributed by atoms with Crippen LogP contribution >= 0.6 is 11.3 Å². The number of aryl methyl sites for hydroxylation is 1. The molecule has 0 aliphatic carbocycles. The molecule has 0 atom stereocenters. The first-order chi connectivity index (χ1) is 9.41. The number of likely N-dealkylation sites (N-methyl/N-ethyl adjacent to an activating group) is 1. The molecule has 0 unspecified atom stereocenters. The predicted molar refractivity (Wildman–Crippen MR) is 83.4 cm³/mol. The topological polar surface area (TPSA) is 63.4 Å². The van der Waals surface area contributed by atoms with Gasteiger partial charge in [-0.25, -0.2) is 12.7 Å². The maximum Gasteiger partial charge on any atom is 0.242 e. The van der Waals surface area contributed by atoms with Crippen LogP contribution in [0.15, 0.2) is 40.6 Å². The van der Waals surface area contributed by atoms with E-state index in [1.165, 1.54) is 15.2 Å². The molecule has 0 aliphatic heterocycles. The highest BCUT2D eigenvalue weighted by Crippen LogP contribution is 2.20. The Balaban J connectivity index is 2.14. The van der Waals surface area contributed by atoms with Crippen LogP contribution in [-0.2, 0) is 16.4 Å². The van der Waals surface area contributed by atoms with Crippen molar-refractivity contribution in [1.82, 2.24) is 4.31 Å². The molecular weight excluding hydrogens is 292 g/mol. The highest BCUT2D eigenvalue weighted by atomic mass is 32.2. The number of hydrogen-bond acceptors (Lipinski definition) is 4. The standard InChI is InChI=1S/C14H18N2O2S2/c1-11-5-6-13(10-14(11)15)20(17,18)16(2)8-7-12-4-3-9-19-12/h3-6,9-10H,7-8,15H2,1-2H3. The van der Waals surface area contributed by atoms with Crippen molar-refractivity contribution in [2.24, 2.45) is 0 Å². The highest BCUT2D eigenvalue weighted by molar-refractivity contribution is 7.89. The van der Waals surface area contributed by atoms with Crippen LogP contribution in [0.5, 0.6) is 0 Å². The number of sulfonamides is 1. The van der Waals surface area contributed by atoms with E-state index in [0.717, 1.165) is 12.0 Å². The normalized spacial score (nSPS) is 11.9. The Labute approximate surface area is 123 Å². The zero-order chi connectivity index (χ0) is 14.8. The Morgan fingerprint density at radius 3 is 2.65 bits per heavy atom. The lowest BCUT2D eigenvalue weighted by molar-refractivity contribution is 0.473. The zero-order valence-electron chi connectivity index (χ0n) is 11.5. The molecule has 0 bridgehead atoms. The monoisotopic (exact) mass is 310 g/mol. The van der Waals surface area contributed by atoms with Gasteiger partial charge in [0.1, 0.15) is 0 Å². The summed E-state index contributed by atoms with van der Waals surface area (Å²) in [6.07, 6.45) is 0.717. The van der Waals surface area contributed by atoms with E-state index in [2.05, 4.69) is 0 Å². The Morgan fingerprint density at radius 2 is 2.05 bits per heavy atom. The van der Waals surface area contributed by atoms with Gasteiger partial charge in [-0.1, -0.05) is 12.1 Å². The largest absolute Gasteiger partial charge is 0.398 e. The van der Waals surface area contributed by atoms with Crippen LogP contribution in [0.4, 0.5) is 5.69 Å². The Kier molecular flexibility index (Phi) is 4.47. The molecule has 20 heavy (non-hydrogen) atoms. The molecule has 4 nitrogen and oxygen atoms in total. The molecule has 0 aliphatic rings. The van der Waals surface area contributed by atoms with Gasteiger partial charge in [-0.15, -0.1) is 11.3 Å². The van der Waals surface area contributed by atoms with Gasteiger partial charge in [-0.3, -0.25) is 0 Å². The highest BCUT2D eigenvalue weighted by Gasteiger charge is 2.21. The minimum Gasteiger partial charge on any atom is -0.398 e. The summed E-state index contributed by atoms with van der Waals surface area (Å²) < 4.78 is 26.2. The zero-order valence-corrected chi connectivity index (χ0v) is 13.2. The van der Waals surface area contributed by atoms with E-state index in [-0.39, 0.29) is 4.90 Å². The number of nitrogens with zero attached hydrogens (tertiary/aromatic N) is 1. The molecule has 2 aromatic rings.